The Morgan fingerprint density at radius 3 is 1.86 bits per heavy atom. The zero-order valence-corrected chi connectivity index (χ0v) is 12.6. The van der Waals surface area contributed by atoms with E-state index in [4.69, 9.17) is 0 Å². The SMILES string of the molecule is c1ccc(C(CCC2CC[N]CC2)c2ccccc2)cc1. The van der Waals surface area contributed by atoms with E-state index in [0.29, 0.717) is 5.92 Å². The van der Waals surface area contributed by atoms with Gasteiger partial charge in [-0.1, -0.05) is 60.7 Å². The van der Waals surface area contributed by atoms with E-state index < -0.39 is 0 Å². The minimum Gasteiger partial charge on any atom is -0.242 e. The van der Waals surface area contributed by atoms with E-state index in [2.05, 4.69) is 66.0 Å². The predicted octanol–water partition coefficient (Wildman–Crippen LogP) is 4.61. The molecule has 3 rings (SSSR count). The molecule has 0 atom stereocenters. The van der Waals surface area contributed by atoms with E-state index in [1.807, 2.05) is 0 Å². The Hall–Kier alpha value is -1.60. The summed E-state index contributed by atoms with van der Waals surface area (Å²) in [5.41, 5.74) is 2.90. The summed E-state index contributed by atoms with van der Waals surface area (Å²) in [6.45, 7) is 2.15. The van der Waals surface area contributed by atoms with Crippen molar-refractivity contribution < 1.29 is 0 Å². The molecule has 21 heavy (non-hydrogen) atoms. The van der Waals surface area contributed by atoms with Crippen LogP contribution in [0.5, 0.6) is 0 Å². The second kappa shape index (κ2) is 7.42. The van der Waals surface area contributed by atoms with Gasteiger partial charge in [-0.3, -0.25) is 0 Å². The van der Waals surface area contributed by atoms with Gasteiger partial charge in [0.15, 0.2) is 0 Å². The maximum Gasteiger partial charge on any atom is 0.0136 e. The van der Waals surface area contributed by atoms with Crippen LogP contribution in [0.4, 0.5) is 0 Å². The molecule has 1 heterocycles. The summed E-state index contributed by atoms with van der Waals surface area (Å²) in [4.78, 5) is 0. The van der Waals surface area contributed by atoms with Crippen LogP contribution in [0.1, 0.15) is 42.7 Å². The average Bonchev–Trinajstić information content (AvgIpc) is 2.58. The molecule has 0 spiro atoms. The van der Waals surface area contributed by atoms with Crippen molar-refractivity contribution in [3.8, 4) is 0 Å². The van der Waals surface area contributed by atoms with Crippen molar-refractivity contribution in [2.45, 2.75) is 31.6 Å². The van der Waals surface area contributed by atoms with Crippen LogP contribution >= 0.6 is 0 Å². The van der Waals surface area contributed by atoms with Crippen molar-refractivity contribution in [3.05, 3.63) is 71.8 Å². The molecule has 2 aromatic rings. The highest BCUT2D eigenvalue weighted by atomic mass is 14.9. The summed E-state index contributed by atoms with van der Waals surface area (Å²) in [6.07, 6.45) is 5.15. The fraction of sp³-hybridized carbons (Fsp3) is 0.400. The maximum atomic E-state index is 4.47. The van der Waals surface area contributed by atoms with Gasteiger partial charge in [-0.25, -0.2) is 5.32 Å². The van der Waals surface area contributed by atoms with E-state index in [0.717, 1.165) is 19.0 Å². The van der Waals surface area contributed by atoms with Gasteiger partial charge in [0, 0.05) is 19.0 Å². The summed E-state index contributed by atoms with van der Waals surface area (Å²) in [7, 11) is 0. The molecule has 0 amide bonds. The van der Waals surface area contributed by atoms with Crippen molar-refractivity contribution in [3.63, 3.8) is 0 Å². The predicted molar refractivity (Wildman–Crippen MR) is 88.6 cm³/mol. The summed E-state index contributed by atoms with van der Waals surface area (Å²) in [5.74, 6) is 1.41. The lowest BCUT2D eigenvalue weighted by Gasteiger charge is -2.24. The van der Waals surface area contributed by atoms with Crippen LogP contribution < -0.4 is 5.32 Å². The first-order chi connectivity index (χ1) is 10.4. The second-order valence-electron chi connectivity index (χ2n) is 6.07. The van der Waals surface area contributed by atoms with E-state index >= 15 is 0 Å². The van der Waals surface area contributed by atoms with E-state index in [9.17, 15) is 0 Å². The standard InChI is InChI=1S/C20H24N/c1-3-7-18(8-4-1)20(19-9-5-2-6-10-19)12-11-17-13-15-21-16-14-17/h1-10,17,20H,11-16H2. The lowest BCUT2D eigenvalue weighted by atomic mass is 9.83. The minimum absolute atomic E-state index is 0.534. The first kappa shape index (κ1) is 14.3. The Morgan fingerprint density at radius 1 is 0.810 bits per heavy atom. The number of hydrogen-bond donors (Lipinski definition) is 0. The number of piperidine rings is 1. The fourth-order valence-electron chi connectivity index (χ4n) is 3.39. The Bertz CT molecular complexity index is 475. The topological polar surface area (TPSA) is 14.1 Å². The molecule has 0 saturated carbocycles. The van der Waals surface area contributed by atoms with Gasteiger partial charge in [-0.15, -0.1) is 0 Å². The maximum absolute atomic E-state index is 4.47. The zero-order valence-electron chi connectivity index (χ0n) is 12.6. The Kier molecular flexibility index (Phi) is 5.07. The van der Waals surface area contributed by atoms with Gasteiger partial charge >= 0.3 is 0 Å². The Morgan fingerprint density at radius 2 is 1.33 bits per heavy atom. The molecule has 1 radical (unpaired) electrons. The van der Waals surface area contributed by atoms with Crippen LogP contribution in [-0.2, 0) is 0 Å². The highest BCUT2D eigenvalue weighted by Gasteiger charge is 2.18. The van der Waals surface area contributed by atoms with Crippen LogP contribution in [0.3, 0.4) is 0 Å². The van der Waals surface area contributed by atoms with Crippen LogP contribution in [0.2, 0.25) is 0 Å². The van der Waals surface area contributed by atoms with Gasteiger partial charge in [-0.2, -0.15) is 0 Å². The molecule has 0 aromatic heterocycles. The molecular formula is C20H24N. The van der Waals surface area contributed by atoms with Crippen molar-refractivity contribution in [1.82, 2.24) is 5.32 Å². The van der Waals surface area contributed by atoms with Crippen LogP contribution in [0.25, 0.3) is 0 Å². The highest BCUT2D eigenvalue weighted by molar-refractivity contribution is 5.32. The second-order valence-corrected chi connectivity index (χ2v) is 6.07. The zero-order chi connectivity index (χ0) is 14.3. The summed E-state index contributed by atoms with van der Waals surface area (Å²) in [5, 5.41) is 4.47. The third-order valence-electron chi connectivity index (χ3n) is 4.66. The summed E-state index contributed by atoms with van der Waals surface area (Å²) >= 11 is 0. The quantitative estimate of drug-likeness (QED) is 0.758. The summed E-state index contributed by atoms with van der Waals surface area (Å²) < 4.78 is 0. The average molecular weight is 278 g/mol. The van der Waals surface area contributed by atoms with Crippen molar-refractivity contribution in [2.24, 2.45) is 5.92 Å². The van der Waals surface area contributed by atoms with Crippen LogP contribution in [-0.4, -0.2) is 13.1 Å². The molecule has 109 valence electrons. The molecule has 0 unspecified atom stereocenters. The van der Waals surface area contributed by atoms with E-state index in [1.165, 1.54) is 36.8 Å². The molecule has 1 aliphatic rings. The lowest BCUT2D eigenvalue weighted by Crippen LogP contribution is -2.22. The van der Waals surface area contributed by atoms with Crippen LogP contribution in [0, 0.1) is 5.92 Å². The van der Waals surface area contributed by atoms with E-state index in [1.54, 1.807) is 0 Å². The Labute approximate surface area is 128 Å². The number of nitrogens with zero attached hydrogens (tertiary/aromatic N) is 1. The highest BCUT2D eigenvalue weighted by Crippen LogP contribution is 2.32. The fourth-order valence-corrected chi connectivity index (χ4v) is 3.39. The first-order valence-electron chi connectivity index (χ1n) is 8.16. The van der Waals surface area contributed by atoms with Gasteiger partial charge in [0.2, 0.25) is 0 Å². The lowest BCUT2D eigenvalue weighted by molar-refractivity contribution is 0.338. The normalized spacial score (nSPS) is 16.2. The first-order valence-corrected chi connectivity index (χ1v) is 8.16. The van der Waals surface area contributed by atoms with Crippen molar-refractivity contribution in [1.29, 1.82) is 0 Å². The van der Waals surface area contributed by atoms with Gasteiger partial charge in [0.1, 0.15) is 0 Å². The van der Waals surface area contributed by atoms with E-state index in [-0.39, 0.29) is 0 Å². The largest absolute Gasteiger partial charge is 0.242 e. The third-order valence-corrected chi connectivity index (χ3v) is 4.66. The third kappa shape index (κ3) is 3.95. The number of benzene rings is 2. The monoisotopic (exact) mass is 278 g/mol. The number of hydrogen-bond acceptors (Lipinski definition) is 0. The van der Waals surface area contributed by atoms with Crippen LogP contribution in [0.15, 0.2) is 60.7 Å². The number of rotatable bonds is 5. The molecular weight excluding hydrogens is 254 g/mol. The molecule has 2 aromatic carbocycles. The summed E-state index contributed by atoms with van der Waals surface area (Å²) in [6, 6.07) is 21.9. The molecule has 1 aliphatic heterocycles. The molecule has 1 nitrogen and oxygen atoms in total. The molecule has 0 aliphatic carbocycles. The molecule has 0 bridgehead atoms. The van der Waals surface area contributed by atoms with Gasteiger partial charge in [0.05, 0.1) is 0 Å². The molecule has 0 N–H and O–H groups in total. The Balaban J connectivity index is 1.73. The van der Waals surface area contributed by atoms with Gasteiger partial charge in [0.25, 0.3) is 0 Å². The minimum atomic E-state index is 0.534. The smallest absolute Gasteiger partial charge is 0.0136 e. The van der Waals surface area contributed by atoms with Crippen molar-refractivity contribution >= 4 is 0 Å². The molecule has 1 heteroatoms. The van der Waals surface area contributed by atoms with Crippen molar-refractivity contribution in [2.75, 3.05) is 13.1 Å². The van der Waals surface area contributed by atoms with Gasteiger partial charge in [-0.05, 0) is 42.7 Å². The molecule has 1 saturated heterocycles. The van der Waals surface area contributed by atoms with Gasteiger partial charge < -0.3 is 0 Å². The molecule has 1 fully saturated rings.